The van der Waals surface area contributed by atoms with E-state index in [0.29, 0.717) is 40.7 Å². The second-order valence-electron chi connectivity index (χ2n) is 9.53. The van der Waals surface area contributed by atoms with Crippen LogP contribution in [0.1, 0.15) is 48.1 Å². The molecule has 0 radical (unpaired) electrons. The van der Waals surface area contributed by atoms with Crippen LogP contribution in [0.2, 0.25) is 0 Å². The topological polar surface area (TPSA) is 68.2 Å². The maximum absolute atomic E-state index is 14.6. The number of benzene rings is 4. The highest BCUT2D eigenvalue weighted by molar-refractivity contribution is 6.10. The smallest absolute Gasteiger partial charge is 0.269 e. The lowest BCUT2D eigenvalue weighted by molar-refractivity contribution is -0.132. The first-order valence-corrected chi connectivity index (χ1v) is 12.9. The van der Waals surface area contributed by atoms with E-state index in [0.717, 1.165) is 24.0 Å². The Bertz CT molecular complexity index is 1420. The van der Waals surface area contributed by atoms with E-state index >= 15 is 0 Å². The van der Waals surface area contributed by atoms with Crippen LogP contribution in [-0.2, 0) is 10.4 Å². The molecule has 0 fully saturated rings. The highest BCUT2D eigenvalue weighted by Gasteiger charge is 2.55. The number of carbonyl (C=O) groups excluding carboxylic acids is 1. The number of anilines is 1. The van der Waals surface area contributed by atoms with Crippen LogP contribution in [0.3, 0.4) is 0 Å². The Morgan fingerprint density at radius 3 is 2.13 bits per heavy atom. The average Bonchev–Trinajstić information content (AvgIpc) is 3.51. The molecule has 2 heterocycles. The van der Waals surface area contributed by atoms with Gasteiger partial charge < -0.3 is 19.3 Å². The van der Waals surface area contributed by atoms with Gasteiger partial charge in [0.25, 0.3) is 5.91 Å². The third-order valence-corrected chi connectivity index (χ3v) is 7.19. The molecule has 4 aromatic carbocycles. The van der Waals surface area contributed by atoms with Gasteiger partial charge in [-0.1, -0.05) is 92.2 Å². The molecule has 38 heavy (non-hydrogen) atoms. The van der Waals surface area contributed by atoms with Crippen LogP contribution in [-0.4, -0.2) is 24.4 Å². The van der Waals surface area contributed by atoms with E-state index in [4.69, 9.17) is 14.2 Å². The summed E-state index contributed by atoms with van der Waals surface area (Å²) in [6.07, 6.45) is 1.79. The first-order chi connectivity index (χ1) is 18.6. The Balaban J connectivity index is 1.54. The van der Waals surface area contributed by atoms with E-state index < -0.39 is 17.6 Å². The van der Waals surface area contributed by atoms with Gasteiger partial charge in [-0.15, -0.1) is 0 Å². The van der Waals surface area contributed by atoms with Crippen LogP contribution in [0, 0.1) is 0 Å². The van der Waals surface area contributed by atoms with Gasteiger partial charge in [-0.05, 0) is 29.7 Å². The van der Waals surface area contributed by atoms with Crippen molar-refractivity contribution in [1.82, 2.24) is 0 Å². The predicted octanol–water partition coefficient (Wildman–Crippen LogP) is 5.97. The zero-order chi connectivity index (χ0) is 26.1. The lowest BCUT2D eigenvalue weighted by Crippen LogP contribution is -2.43. The zero-order valence-corrected chi connectivity index (χ0v) is 21.2. The molecule has 2 aliphatic rings. The van der Waals surface area contributed by atoms with Crippen LogP contribution in [0.4, 0.5) is 5.69 Å². The number of hydrogen-bond acceptors (Lipinski definition) is 5. The number of amides is 1. The van der Waals surface area contributed by atoms with Gasteiger partial charge in [-0.2, -0.15) is 0 Å². The van der Waals surface area contributed by atoms with Crippen LogP contribution < -0.4 is 19.1 Å². The molecule has 1 amide bonds. The Labute approximate surface area is 222 Å². The minimum Gasteiger partial charge on any atom is -0.493 e. The van der Waals surface area contributed by atoms with Crippen LogP contribution >= 0.6 is 0 Å². The molecule has 6 rings (SSSR count). The van der Waals surface area contributed by atoms with Gasteiger partial charge in [0.2, 0.25) is 12.4 Å². The Morgan fingerprint density at radius 2 is 1.47 bits per heavy atom. The molecule has 6 nitrogen and oxygen atoms in total. The summed E-state index contributed by atoms with van der Waals surface area (Å²) in [6.45, 7) is 2.61. The number of carbonyl (C=O) groups is 1. The molecule has 0 saturated carbocycles. The molecule has 0 spiro atoms. The van der Waals surface area contributed by atoms with Gasteiger partial charge in [0.15, 0.2) is 11.5 Å². The monoisotopic (exact) mass is 507 g/mol. The van der Waals surface area contributed by atoms with E-state index in [1.165, 1.54) is 0 Å². The molecule has 1 atom stereocenters. The molecule has 192 valence electrons. The van der Waals surface area contributed by atoms with Gasteiger partial charge in [0, 0.05) is 17.2 Å². The number of hydrogen-bond donors (Lipinski definition) is 1. The number of unbranched alkanes of at least 4 members (excludes halogenated alkanes) is 1. The Morgan fingerprint density at radius 1 is 0.868 bits per heavy atom. The summed E-state index contributed by atoms with van der Waals surface area (Å²) in [7, 11) is 0. The summed E-state index contributed by atoms with van der Waals surface area (Å²) in [5.74, 6) is 0.968. The maximum atomic E-state index is 14.6. The molecule has 0 aliphatic carbocycles. The summed E-state index contributed by atoms with van der Waals surface area (Å²) >= 11 is 0. The molecule has 0 aromatic heterocycles. The first-order valence-electron chi connectivity index (χ1n) is 12.9. The van der Waals surface area contributed by atoms with E-state index in [2.05, 4.69) is 6.92 Å². The van der Waals surface area contributed by atoms with Gasteiger partial charge in [-0.25, -0.2) is 0 Å². The average molecular weight is 508 g/mol. The summed E-state index contributed by atoms with van der Waals surface area (Å²) in [6, 6.07) is 30.1. The maximum Gasteiger partial charge on any atom is 0.269 e. The second-order valence-corrected chi connectivity index (χ2v) is 9.53. The van der Waals surface area contributed by atoms with Crippen molar-refractivity contribution in [2.45, 2.75) is 31.4 Å². The quantitative estimate of drug-likeness (QED) is 0.298. The zero-order valence-electron chi connectivity index (χ0n) is 21.2. The van der Waals surface area contributed by atoms with E-state index in [9.17, 15) is 9.90 Å². The normalized spacial score (nSPS) is 17.7. The first kappa shape index (κ1) is 24.1. The largest absolute Gasteiger partial charge is 0.493 e. The second kappa shape index (κ2) is 9.88. The van der Waals surface area contributed by atoms with Crippen molar-refractivity contribution in [3.63, 3.8) is 0 Å². The van der Waals surface area contributed by atoms with Crippen LogP contribution in [0.5, 0.6) is 17.2 Å². The summed E-state index contributed by atoms with van der Waals surface area (Å²) in [5, 5.41) is 12.5. The van der Waals surface area contributed by atoms with Gasteiger partial charge in [-0.3, -0.25) is 9.69 Å². The number of fused-ring (bicyclic) bond motifs is 2. The van der Waals surface area contributed by atoms with Crippen LogP contribution in [0.15, 0.2) is 97.1 Å². The summed E-state index contributed by atoms with van der Waals surface area (Å²) in [4.78, 5) is 16.3. The van der Waals surface area contributed by atoms with Crippen molar-refractivity contribution in [2.75, 3.05) is 18.3 Å². The lowest BCUT2D eigenvalue weighted by atomic mass is 9.86. The SMILES string of the molecule is CCCCOc1cc2c(cc1C1(O)C(=O)N(C(c3ccccc3)c3ccccc3)c3ccccc31)OCO2. The van der Waals surface area contributed by atoms with E-state index in [-0.39, 0.29) is 6.79 Å². The summed E-state index contributed by atoms with van der Waals surface area (Å²) < 4.78 is 17.4. The van der Waals surface area contributed by atoms with Crippen molar-refractivity contribution < 1.29 is 24.1 Å². The predicted molar refractivity (Wildman–Crippen MR) is 145 cm³/mol. The fourth-order valence-corrected chi connectivity index (χ4v) is 5.32. The highest BCUT2D eigenvalue weighted by Crippen LogP contribution is 2.53. The number of nitrogens with zero attached hydrogens (tertiary/aromatic N) is 1. The van der Waals surface area contributed by atoms with E-state index in [1.807, 2.05) is 78.9 Å². The number of aliphatic hydroxyl groups is 1. The minimum absolute atomic E-state index is 0.0758. The molecule has 0 bridgehead atoms. The Hall–Kier alpha value is -4.29. The standard InChI is InChI=1S/C32H29NO5/c1-2-3-18-36-27-20-29-28(37-21-38-29)19-25(27)32(35)24-16-10-11-17-26(24)33(31(32)34)30(22-12-6-4-7-13-22)23-14-8-5-9-15-23/h4-17,19-20,30,35H,2-3,18,21H2,1H3. The van der Waals surface area contributed by atoms with Crippen molar-refractivity contribution in [3.8, 4) is 17.2 Å². The van der Waals surface area contributed by atoms with Crippen molar-refractivity contribution in [1.29, 1.82) is 0 Å². The molecule has 1 N–H and O–H groups in total. The van der Waals surface area contributed by atoms with Crippen LogP contribution in [0.25, 0.3) is 0 Å². The molecule has 2 aliphatic heterocycles. The van der Waals surface area contributed by atoms with Crippen molar-refractivity contribution in [3.05, 3.63) is 119 Å². The van der Waals surface area contributed by atoms with E-state index in [1.54, 1.807) is 23.1 Å². The molecule has 1 unspecified atom stereocenters. The van der Waals surface area contributed by atoms with Crippen molar-refractivity contribution in [2.24, 2.45) is 0 Å². The number of para-hydroxylation sites is 1. The fourth-order valence-electron chi connectivity index (χ4n) is 5.32. The molecular formula is C32H29NO5. The van der Waals surface area contributed by atoms with Crippen molar-refractivity contribution >= 4 is 11.6 Å². The van der Waals surface area contributed by atoms with Gasteiger partial charge in [0.1, 0.15) is 5.75 Å². The molecule has 0 saturated heterocycles. The third-order valence-electron chi connectivity index (χ3n) is 7.19. The third kappa shape index (κ3) is 3.89. The molecule has 4 aromatic rings. The number of rotatable bonds is 8. The minimum atomic E-state index is -1.99. The Kier molecular flexibility index (Phi) is 6.26. The fraction of sp³-hybridized carbons (Fsp3) is 0.219. The highest BCUT2D eigenvalue weighted by atomic mass is 16.7. The molecule has 6 heteroatoms. The number of ether oxygens (including phenoxy) is 3. The van der Waals surface area contributed by atoms with Gasteiger partial charge in [0.05, 0.1) is 18.3 Å². The lowest BCUT2D eigenvalue weighted by Gasteiger charge is -2.31. The summed E-state index contributed by atoms with van der Waals surface area (Å²) in [5.41, 5.74) is 1.39. The molecular weight excluding hydrogens is 478 g/mol. The van der Waals surface area contributed by atoms with Gasteiger partial charge >= 0.3 is 0 Å².